The van der Waals surface area contributed by atoms with E-state index in [9.17, 15) is 14.4 Å². The molecule has 0 N–H and O–H groups in total. The molecule has 8 nitrogen and oxygen atoms in total. The van der Waals surface area contributed by atoms with Crippen LogP contribution in [0.2, 0.25) is 0 Å². The summed E-state index contributed by atoms with van der Waals surface area (Å²) in [6, 6.07) is 8.27. The quantitative estimate of drug-likeness (QED) is 0.0398. The summed E-state index contributed by atoms with van der Waals surface area (Å²) in [4.78, 5) is 35.4. The molecule has 0 radical (unpaired) electrons. The van der Waals surface area contributed by atoms with Gasteiger partial charge in [-0.05, 0) is 6.42 Å². The van der Waals surface area contributed by atoms with Crippen molar-refractivity contribution < 1.29 is 38.1 Å². The van der Waals surface area contributed by atoms with Gasteiger partial charge in [-0.3, -0.25) is 9.59 Å². The van der Waals surface area contributed by atoms with Crippen molar-refractivity contribution in [1.29, 1.82) is 0 Å². The summed E-state index contributed by atoms with van der Waals surface area (Å²) in [6.07, 6.45) is 20.1. The third-order valence-electron chi connectivity index (χ3n) is 6.90. The molecule has 240 valence electrons. The van der Waals surface area contributed by atoms with Crippen LogP contribution in [0.1, 0.15) is 120 Å². The van der Waals surface area contributed by atoms with Crippen LogP contribution in [0.4, 0.5) is 0 Å². The molecule has 0 aromatic heterocycles. The van der Waals surface area contributed by atoms with Crippen molar-refractivity contribution >= 4 is 17.7 Å². The number of Topliss-reactive ketones (excluding diaryl/α,β-unsaturated/α-hetero) is 1. The molecule has 0 amide bonds. The van der Waals surface area contributed by atoms with Crippen LogP contribution in [-0.4, -0.2) is 70.6 Å². The number of ether oxygens (including phenoxy) is 5. The van der Waals surface area contributed by atoms with Crippen molar-refractivity contribution in [3.8, 4) is 0 Å². The van der Waals surface area contributed by atoms with E-state index < -0.39 is 11.8 Å². The van der Waals surface area contributed by atoms with E-state index in [0.29, 0.717) is 45.0 Å². The molecule has 0 atom stereocenters. The molecule has 0 aliphatic carbocycles. The van der Waals surface area contributed by atoms with Crippen molar-refractivity contribution in [2.75, 3.05) is 52.9 Å². The second kappa shape index (κ2) is 28.8. The lowest BCUT2D eigenvalue weighted by molar-refractivity contribution is -0.145. The first-order valence-corrected chi connectivity index (χ1v) is 16.3. The number of hydrogen-bond acceptors (Lipinski definition) is 8. The van der Waals surface area contributed by atoms with Gasteiger partial charge in [0, 0.05) is 12.0 Å². The summed E-state index contributed by atoms with van der Waals surface area (Å²) in [5.74, 6) is -1.72. The molecule has 0 bridgehead atoms. The number of rotatable bonds is 30. The number of hydrogen-bond donors (Lipinski definition) is 0. The smallest absolute Gasteiger partial charge is 0.379 e. The van der Waals surface area contributed by atoms with Crippen LogP contribution in [0.5, 0.6) is 0 Å². The van der Waals surface area contributed by atoms with Crippen molar-refractivity contribution in [3.63, 3.8) is 0 Å². The van der Waals surface area contributed by atoms with Crippen LogP contribution in [0.15, 0.2) is 30.3 Å². The Morgan fingerprint density at radius 2 is 0.905 bits per heavy atom. The zero-order valence-electron chi connectivity index (χ0n) is 26.1. The number of ketones is 1. The highest BCUT2D eigenvalue weighted by Crippen LogP contribution is 2.14. The molecule has 0 spiro atoms. The molecule has 0 saturated heterocycles. The zero-order valence-corrected chi connectivity index (χ0v) is 26.1. The van der Waals surface area contributed by atoms with Crippen LogP contribution in [-0.2, 0) is 33.3 Å². The van der Waals surface area contributed by atoms with Gasteiger partial charge in [-0.25, -0.2) is 4.79 Å². The lowest BCUT2D eigenvalue weighted by atomic mass is 10.0. The topological polar surface area (TPSA) is 97.4 Å². The Labute approximate surface area is 254 Å². The van der Waals surface area contributed by atoms with Gasteiger partial charge >= 0.3 is 11.9 Å². The van der Waals surface area contributed by atoms with Gasteiger partial charge in [0.2, 0.25) is 0 Å². The van der Waals surface area contributed by atoms with Crippen LogP contribution in [0.25, 0.3) is 0 Å². The van der Waals surface area contributed by atoms with Gasteiger partial charge in [0.1, 0.15) is 13.2 Å². The Bertz CT molecular complexity index is 783. The second-order valence-electron chi connectivity index (χ2n) is 10.6. The van der Waals surface area contributed by atoms with Gasteiger partial charge in [-0.2, -0.15) is 0 Å². The third kappa shape index (κ3) is 23.3. The number of carbonyl (C=O) groups excluding carboxylic acids is 3. The first kappa shape index (κ1) is 37.7. The van der Waals surface area contributed by atoms with Crippen molar-refractivity contribution in [3.05, 3.63) is 35.9 Å². The molecular formula is C34H56O8. The van der Waals surface area contributed by atoms with Gasteiger partial charge in [-0.1, -0.05) is 127 Å². The molecule has 8 heteroatoms. The molecule has 0 fully saturated rings. The maximum atomic E-state index is 11.9. The summed E-state index contributed by atoms with van der Waals surface area (Å²) in [5, 5.41) is 0. The fraction of sp³-hybridized carbons (Fsp3) is 0.735. The Morgan fingerprint density at radius 3 is 1.38 bits per heavy atom. The van der Waals surface area contributed by atoms with Crippen molar-refractivity contribution in [2.24, 2.45) is 0 Å². The molecule has 0 heterocycles. The molecule has 1 aromatic carbocycles. The average Bonchev–Trinajstić information content (AvgIpc) is 3.01. The number of esters is 2. The first-order valence-electron chi connectivity index (χ1n) is 16.3. The largest absolute Gasteiger partial charge is 0.463 e. The van der Waals surface area contributed by atoms with E-state index >= 15 is 0 Å². The second-order valence-corrected chi connectivity index (χ2v) is 10.6. The molecule has 0 aliphatic heterocycles. The summed E-state index contributed by atoms with van der Waals surface area (Å²) < 4.78 is 26.3. The lowest BCUT2D eigenvalue weighted by Crippen LogP contribution is -2.20. The van der Waals surface area contributed by atoms with E-state index in [1.54, 1.807) is 30.3 Å². The van der Waals surface area contributed by atoms with Crippen LogP contribution in [0, 0.1) is 0 Å². The highest BCUT2D eigenvalue weighted by molar-refractivity contribution is 6.40. The van der Waals surface area contributed by atoms with Crippen molar-refractivity contribution in [2.45, 2.75) is 110 Å². The lowest BCUT2D eigenvalue weighted by Gasteiger charge is -2.08. The minimum Gasteiger partial charge on any atom is -0.463 e. The molecule has 42 heavy (non-hydrogen) atoms. The van der Waals surface area contributed by atoms with E-state index in [-0.39, 0.29) is 25.8 Å². The SMILES string of the molecule is CCCCCCCCCCCCCCCCCC(=O)OCCOCCOCCOCCOC(=O)C(=O)c1ccccc1. The van der Waals surface area contributed by atoms with E-state index in [1.165, 1.54) is 83.5 Å². The maximum absolute atomic E-state index is 11.9. The monoisotopic (exact) mass is 592 g/mol. The fourth-order valence-corrected chi connectivity index (χ4v) is 4.44. The van der Waals surface area contributed by atoms with Crippen molar-refractivity contribution in [1.82, 2.24) is 0 Å². The number of benzene rings is 1. The molecule has 0 unspecified atom stereocenters. The predicted octanol–water partition coefficient (Wildman–Crippen LogP) is 7.27. The Kier molecular flexibility index (Phi) is 25.9. The van der Waals surface area contributed by atoms with E-state index in [2.05, 4.69) is 6.92 Å². The Morgan fingerprint density at radius 1 is 0.500 bits per heavy atom. The van der Waals surface area contributed by atoms with E-state index in [1.807, 2.05) is 0 Å². The molecule has 0 aliphatic rings. The van der Waals surface area contributed by atoms with Gasteiger partial charge in [0.15, 0.2) is 0 Å². The molecular weight excluding hydrogens is 536 g/mol. The normalized spacial score (nSPS) is 11.0. The van der Waals surface area contributed by atoms with E-state index in [4.69, 9.17) is 23.7 Å². The summed E-state index contributed by atoms with van der Waals surface area (Å²) in [5.41, 5.74) is 0.299. The van der Waals surface area contributed by atoms with Crippen LogP contribution < -0.4 is 0 Å². The number of unbranched alkanes of at least 4 members (excludes halogenated alkanes) is 14. The fourth-order valence-electron chi connectivity index (χ4n) is 4.44. The first-order chi connectivity index (χ1) is 20.6. The molecule has 0 saturated carbocycles. The summed E-state index contributed by atoms with van der Waals surface area (Å²) >= 11 is 0. The standard InChI is InChI=1S/C34H56O8/c1-2-3-4-5-6-7-8-9-10-11-12-13-14-15-19-22-32(35)41-29-27-39-25-23-38-24-26-40-28-30-42-34(37)33(36)31-20-17-16-18-21-31/h16-18,20-21H,2-15,19,22-30H2,1H3. The number of carbonyl (C=O) groups is 3. The zero-order chi connectivity index (χ0) is 30.4. The average molecular weight is 593 g/mol. The van der Waals surface area contributed by atoms with E-state index in [0.717, 1.165) is 12.8 Å². The molecule has 1 rings (SSSR count). The summed E-state index contributed by atoms with van der Waals surface area (Å²) in [7, 11) is 0. The minimum atomic E-state index is -0.895. The van der Waals surface area contributed by atoms with Crippen LogP contribution in [0.3, 0.4) is 0 Å². The summed E-state index contributed by atoms with van der Waals surface area (Å²) in [6.45, 7) is 4.55. The van der Waals surface area contributed by atoms with Gasteiger partial charge in [0.25, 0.3) is 5.78 Å². The predicted molar refractivity (Wildman–Crippen MR) is 165 cm³/mol. The highest BCUT2D eigenvalue weighted by Gasteiger charge is 2.17. The van der Waals surface area contributed by atoms with Gasteiger partial charge in [-0.15, -0.1) is 0 Å². The van der Waals surface area contributed by atoms with Gasteiger partial charge < -0.3 is 23.7 Å². The minimum absolute atomic E-state index is 0.00131. The molecule has 1 aromatic rings. The maximum Gasteiger partial charge on any atom is 0.379 e. The van der Waals surface area contributed by atoms with Crippen LogP contribution >= 0.6 is 0 Å². The van der Waals surface area contributed by atoms with Gasteiger partial charge in [0.05, 0.1) is 39.6 Å². The highest BCUT2D eigenvalue weighted by atomic mass is 16.6. The Balaban J connectivity index is 1.75. The Hall–Kier alpha value is -2.29. The third-order valence-corrected chi connectivity index (χ3v) is 6.90.